The van der Waals surface area contributed by atoms with Gasteiger partial charge in [0, 0.05) is 11.3 Å². The van der Waals surface area contributed by atoms with Crippen LogP contribution in [0.2, 0.25) is 10.0 Å². The lowest BCUT2D eigenvalue weighted by molar-refractivity contribution is -0.133. The molecule has 4 rings (SSSR count). The first-order valence-corrected chi connectivity index (χ1v) is 11.9. The maximum Gasteiger partial charge on any atom is 0.242 e. The third-order valence-corrected chi connectivity index (χ3v) is 8.00. The number of pyridine rings is 1. The molecule has 0 radical (unpaired) electrons. The van der Waals surface area contributed by atoms with Crippen molar-refractivity contribution < 1.29 is 9.59 Å². The second-order valence-corrected chi connectivity index (χ2v) is 9.97. The van der Waals surface area contributed by atoms with Crippen molar-refractivity contribution in [2.45, 2.75) is 22.1 Å². The van der Waals surface area contributed by atoms with Gasteiger partial charge in [-0.25, -0.2) is 4.98 Å². The van der Waals surface area contributed by atoms with Crippen molar-refractivity contribution in [2.24, 2.45) is 0 Å². The number of Topliss-reactive ketones (excluding diaryl/α,β-unsaturated/α-hetero) is 1. The molecule has 1 amide bonds. The van der Waals surface area contributed by atoms with Crippen LogP contribution in [0.25, 0.3) is 0 Å². The average Bonchev–Trinajstić information content (AvgIpc) is 3.23. The summed E-state index contributed by atoms with van der Waals surface area (Å²) in [5.74, 6) is -0.571. The van der Waals surface area contributed by atoms with Gasteiger partial charge in [-0.3, -0.25) is 9.59 Å². The number of amides is 1. The lowest BCUT2D eigenvalue weighted by Gasteiger charge is -2.39. The van der Waals surface area contributed by atoms with Gasteiger partial charge in [-0.15, -0.1) is 11.8 Å². The van der Waals surface area contributed by atoms with Gasteiger partial charge in [0.25, 0.3) is 0 Å². The van der Waals surface area contributed by atoms with Crippen molar-refractivity contribution in [3.8, 4) is 0 Å². The minimum absolute atomic E-state index is 0.0920. The van der Waals surface area contributed by atoms with Gasteiger partial charge >= 0.3 is 0 Å². The van der Waals surface area contributed by atoms with E-state index >= 15 is 0 Å². The third kappa shape index (κ3) is 3.99. The molecule has 4 nitrogen and oxygen atoms in total. The normalized spacial score (nSPS) is 21.8. The highest BCUT2D eigenvalue weighted by molar-refractivity contribution is 9.10. The number of hydrogen-bond donors (Lipinski definition) is 1. The number of benzene rings is 1. The monoisotopic (exact) mass is 526 g/mol. The van der Waals surface area contributed by atoms with Crippen LogP contribution in [0.5, 0.6) is 0 Å². The number of aromatic nitrogens is 1. The average molecular weight is 528 g/mol. The van der Waals surface area contributed by atoms with E-state index in [2.05, 4.69) is 26.2 Å². The molecule has 148 valence electrons. The smallest absolute Gasteiger partial charge is 0.242 e. The molecule has 2 aromatic heterocycles. The maximum absolute atomic E-state index is 13.2. The molecule has 0 aliphatic carbocycles. The Morgan fingerprint density at radius 1 is 1.17 bits per heavy atom. The van der Waals surface area contributed by atoms with Crippen LogP contribution in [-0.4, -0.2) is 21.9 Å². The van der Waals surface area contributed by atoms with Crippen molar-refractivity contribution in [1.29, 1.82) is 0 Å². The molecule has 1 saturated heterocycles. The van der Waals surface area contributed by atoms with Crippen molar-refractivity contribution in [3.63, 3.8) is 0 Å². The van der Waals surface area contributed by atoms with E-state index in [1.54, 1.807) is 24.3 Å². The van der Waals surface area contributed by atoms with Gasteiger partial charge < -0.3 is 5.32 Å². The minimum atomic E-state index is -1.01. The molecule has 3 heterocycles. The van der Waals surface area contributed by atoms with E-state index < -0.39 is 10.8 Å². The summed E-state index contributed by atoms with van der Waals surface area (Å²) in [5, 5.41) is 6.73. The molecule has 1 aliphatic heterocycles. The van der Waals surface area contributed by atoms with Crippen LogP contribution in [0.1, 0.15) is 17.7 Å². The number of thioether (sulfide) groups is 1. The van der Waals surface area contributed by atoms with Crippen LogP contribution in [0, 0.1) is 0 Å². The Morgan fingerprint density at radius 2 is 1.97 bits per heavy atom. The quantitative estimate of drug-likeness (QED) is 0.349. The molecule has 0 saturated carbocycles. The summed E-state index contributed by atoms with van der Waals surface area (Å²) >= 11 is 18.3. The van der Waals surface area contributed by atoms with Crippen molar-refractivity contribution in [3.05, 3.63) is 79.1 Å². The van der Waals surface area contributed by atoms with Crippen molar-refractivity contribution >= 4 is 73.9 Å². The predicted octanol–water partition coefficient (Wildman–Crippen LogP) is 5.71. The number of nitrogens with zero attached hydrogens (tertiary/aromatic N) is 1. The predicted molar refractivity (Wildman–Crippen MR) is 121 cm³/mol. The van der Waals surface area contributed by atoms with E-state index in [0.29, 0.717) is 25.2 Å². The summed E-state index contributed by atoms with van der Waals surface area (Å²) in [6.45, 7) is 0. The number of hydrogen-bond acceptors (Lipinski definition) is 5. The molecule has 2 unspecified atom stereocenters. The Morgan fingerprint density at radius 3 is 2.66 bits per heavy atom. The van der Waals surface area contributed by atoms with Gasteiger partial charge in [0.2, 0.25) is 5.91 Å². The van der Waals surface area contributed by atoms with Crippen LogP contribution in [0.3, 0.4) is 0 Å². The van der Waals surface area contributed by atoms with E-state index in [4.69, 9.17) is 23.2 Å². The number of piperidine rings is 1. The number of nitrogens with one attached hydrogen (secondary N) is 1. The van der Waals surface area contributed by atoms with Gasteiger partial charge in [0.05, 0.1) is 15.7 Å². The Kier molecular flexibility index (Phi) is 6.04. The zero-order valence-corrected chi connectivity index (χ0v) is 19.4. The first kappa shape index (κ1) is 20.9. The molecule has 0 spiro atoms. The number of ketones is 1. The molecule has 3 aromatic rings. The lowest BCUT2D eigenvalue weighted by Crippen LogP contribution is -2.58. The molecule has 0 bridgehead atoms. The van der Waals surface area contributed by atoms with Gasteiger partial charge in [-0.1, -0.05) is 35.3 Å². The largest absolute Gasteiger partial charge is 0.339 e. The van der Waals surface area contributed by atoms with Gasteiger partial charge in [0.1, 0.15) is 15.4 Å². The van der Waals surface area contributed by atoms with E-state index in [1.807, 2.05) is 29.0 Å². The van der Waals surface area contributed by atoms with Crippen molar-refractivity contribution in [2.75, 3.05) is 0 Å². The van der Waals surface area contributed by atoms with Crippen LogP contribution < -0.4 is 5.32 Å². The highest BCUT2D eigenvalue weighted by Gasteiger charge is 2.48. The van der Waals surface area contributed by atoms with E-state index in [0.717, 1.165) is 17.3 Å². The Balaban J connectivity index is 1.71. The van der Waals surface area contributed by atoms with Crippen LogP contribution >= 0.6 is 62.2 Å². The van der Waals surface area contributed by atoms with E-state index in [-0.39, 0.29) is 18.1 Å². The molecule has 1 aliphatic rings. The van der Waals surface area contributed by atoms with Crippen LogP contribution in [0.4, 0.5) is 0 Å². The number of rotatable bonds is 4. The standard InChI is InChI=1S/C20H13BrCl2N2O2S2/c21-16-6-2-5-15(24-16)20(11-7-8-28-10-11)9-13(26)18(19(27)25-20)29-14-4-1-3-12(22)17(14)23/h1-8,10,18H,9H2,(H,25,27). The number of carbonyl (C=O) groups excluding carboxylic acids is 2. The number of thiophene rings is 1. The van der Waals surface area contributed by atoms with Crippen LogP contribution in [0.15, 0.2) is 62.7 Å². The lowest BCUT2D eigenvalue weighted by atomic mass is 9.79. The zero-order valence-electron chi connectivity index (χ0n) is 14.7. The van der Waals surface area contributed by atoms with Crippen LogP contribution in [-0.2, 0) is 15.1 Å². The van der Waals surface area contributed by atoms with E-state index in [9.17, 15) is 9.59 Å². The third-order valence-electron chi connectivity index (χ3n) is 4.63. The molecule has 2 atom stereocenters. The molecule has 29 heavy (non-hydrogen) atoms. The fourth-order valence-corrected chi connectivity index (χ4v) is 5.84. The number of halogens is 3. The molecular weight excluding hydrogens is 515 g/mol. The molecule has 1 N–H and O–H groups in total. The molecule has 9 heteroatoms. The molecule has 1 fully saturated rings. The first-order chi connectivity index (χ1) is 13.9. The minimum Gasteiger partial charge on any atom is -0.339 e. The highest BCUT2D eigenvalue weighted by atomic mass is 79.9. The summed E-state index contributed by atoms with van der Waals surface area (Å²) in [6, 6.07) is 12.5. The summed E-state index contributed by atoms with van der Waals surface area (Å²) < 4.78 is 0.633. The summed E-state index contributed by atoms with van der Waals surface area (Å²) in [7, 11) is 0. The van der Waals surface area contributed by atoms with E-state index in [1.165, 1.54) is 11.3 Å². The first-order valence-electron chi connectivity index (χ1n) is 8.52. The van der Waals surface area contributed by atoms with Gasteiger partial charge in [0.15, 0.2) is 5.78 Å². The van der Waals surface area contributed by atoms with Crippen molar-refractivity contribution in [1.82, 2.24) is 10.3 Å². The fraction of sp³-hybridized carbons (Fsp3) is 0.150. The maximum atomic E-state index is 13.2. The summed E-state index contributed by atoms with van der Waals surface area (Å²) in [4.78, 5) is 31.4. The van der Waals surface area contributed by atoms with Gasteiger partial charge in [-0.2, -0.15) is 11.3 Å². The Labute approximate surface area is 194 Å². The Bertz CT molecular complexity index is 1070. The SMILES string of the molecule is O=C1CC(c2ccsc2)(c2cccc(Br)n2)NC(=O)C1Sc1cccc(Cl)c1Cl. The zero-order chi connectivity index (χ0) is 20.6. The highest BCUT2D eigenvalue weighted by Crippen LogP contribution is 2.42. The topological polar surface area (TPSA) is 59.1 Å². The summed E-state index contributed by atoms with van der Waals surface area (Å²) in [5.41, 5.74) is 0.433. The number of carbonyl (C=O) groups is 2. The second-order valence-electron chi connectivity index (χ2n) is 6.45. The molecular formula is C20H13BrCl2N2O2S2. The fourth-order valence-electron chi connectivity index (χ4n) is 3.27. The molecule has 1 aromatic carbocycles. The second kappa shape index (κ2) is 8.40. The van der Waals surface area contributed by atoms with Gasteiger partial charge in [-0.05, 0) is 62.6 Å². The summed E-state index contributed by atoms with van der Waals surface area (Å²) in [6.07, 6.45) is 0.0920. The Hall–Kier alpha value is -1.38.